The van der Waals surface area contributed by atoms with Gasteiger partial charge >= 0.3 is 0 Å². The molecule has 2 aromatic heterocycles. The van der Waals surface area contributed by atoms with Gasteiger partial charge in [0.2, 0.25) is 5.88 Å². The molecule has 9 heteroatoms. The maximum atomic E-state index is 5.89. The molecule has 1 aromatic carbocycles. The summed E-state index contributed by atoms with van der Waals surface area (Å²) in [5.41, 5.74) is 4.35. The lowest BCUT2D eigenvalue weighted by Gasteiger charge is -2.12. The number of aryl methyl sites for hydroxylation is 2. The molecule has 3 rings (SSSR count). The topological polar surface area (TPSA) is 85.6 Å². The van der Waals surface area contributed by atoms with Crippen molar-refractivity contribution in [3.8, 4) is 17.4 Å². The van der Waals surface area contributed by atoms with Crippen molar-refractivity contribution in [2.75, 3.05) is 13.2 Å². The van der Waals surface area contributed by atoms with E-state index in [9.17, 15) is 0 Å². The van der Waals surface area contributed by atoms with Gasteiger partial charge in [0.05, 0.1) is 18.8 Å². The average molecular weight is 564 g/mol. The molecule has 0 fully saturated rings. The molecule has 0 bridgehead atoms. The lowest BCUT2D eigenvalue weighted by Crippen LogP contribution is -2.37. The second-order valence-electron chi connectivity index (χ2n) is 7.31. The summed E-state index contributed by atoms with van der Waals surface area (Å²) < 4.78 is 13.4. The Morgan fingerprint density at radius 3 is 2.42 bits per heavy atom. The maximum Gasteiger partial charge on any atom is 0.219 e. The highest BCUT2D eigenvalue weighted by Crippen LogP contribution is 2.30. The molecule has 3 aromatic rings. The van der Waals surface area contributed by atoms with E-state index in [4.69, 9.17) is 9.47 Å². The molecule has 0 aliphatic carbocycles. The van der Waals surface area contributed by atoms with Gasteiger partial charge in [-0.25, -0.2) is 9.98 Å². The van der Waals surface area contributed by atoms with E-state index in [2.05, 4.69) is 32.6 Å². The first-order chi connectivity index (χ1) is 15.5. The highest BCUT2D eigenvalue weighted by atomic mass is 127. The van der Waals surface area contributed by atoms with Gasteiger partial charge in [-0.3, -0.25) is 4.68 Å². The van der Waals surface area contributed by atoms with Gasteiger partial charge in [0.15, 0.2) is 17.5 Å². The van der Waals surface area contributed by atoms with Crippen LogP contribution in [0.2, 0.25) is 0 Å². The number of hydrogen-bond donors (Lipinski definition) is 2. The summed E-state index contributed by atoms with van der Waals surface area (Å²) in [4.78, 5) is 9.10. The molecule has 0 radical (unpaired) electrons. The van der Waals surface area contributed by atoms with Crippen molar-refractivity contribution in [1.29, 1.82) is 0 Å². The van der Waals surface area contributed by atoms with Crippen molar-refractivity contribution in [3.63, 3.8) is 0 Å². The Bertz CT molecular complexity index is 1050. The minimum atomic E-state index is 0. The number of hydrogen-bond acceptors (Lipinski definition) is 5. The zero-order valence-corrected chi connectivity index (χ0v) is 22.2. The van der Waals surface area contributed by atoms with Crippen molar-refractivity contribution in [3.05, 3.63) is 65.1 Å². The Balaban J connectivity index is 0.00000385. The summed E-state index contributed by atoms with van der Waals surface area (Å²) in [6.07, 6.45) is 1.78. The fourth-order valence-electron chi connectivity index (χ4n) is 3.24. The number of nitrogens with one attached hydrogen (secondary N) is 2. The summed E-state index contributed by atoms with van der Waals surface area (Å²) in [5, 5.41) is 11.1. The number of benzene rings is 1. The molecule has 2 N–H and O–H groups in total. The van der Waals surface area contributed by atoms with Gasteiger partial charge in [-0.2, -0.15) is 5.10 Å². The summed E-state index contributed by atoms with van der Waals surface area (Å²) in [6, 6.07) is 11.4. The van der Waals surface area contributed by atoms with Crippen LogP contribution < -0.4 is 20.1 Å². The molecular weight excluding hydrogens is 531 g/mol. The number of aliphatic imine (C=N–C) groups is 1. The third-order valence-corrected chi connectivity index (χ3v) is 5.02. The van der Waals surface area contributed by atoms with Crippen LogP contribution in [0.1, 0.15) is 36.4 Å². The number of guanidine groups is 1. The van der Waals surface area contributed by atoms with E-state index in [0.29, 0.717) is 37.1 Å². The molecule has 0 atom stereocenters. The summed E-state index contributed by atoms with van der Waals surface area (Å²) in [5.74, 6) is 2.61. The molecule has 33 heavy (non-hydrogen) atoms. The molecule has 0 unspecified atom stereocenters. The number of nitrogens with zero attached hydrogens (tertiary/aromatic N) is 4. The Morgan fingerprint density at radius 1 is 1.06 bits per heavy atom. The highest BCUT2D eigenvalue weighted by molar-refractivity contribution is 14.0. The molecule has 0 amide bonds. The predicted molar refractivity (Wildman–Crippen MR) is 142 cm³/mol. The van der Waals surface area contributed by atoms with Crippen LogP contribution in [0.15, 0.2) is 47.6 Å². The molecule has 178 valence electrons. The summed E-state index contributed by atoms with van der Waals surface area (Å²) in [6.45, 7) is 10.6. The largest absolute Gasteiger partial charge is 0.490 e. The van der Waals surface area contributed by atoms with E-state index in [-0.39, 0.29) is 24.0 Å². The predicted octanol–water partition coefficient (Wildman–Crippen LogP) is 4.50. The van der Waals surface area contributed by atoms with Gasteiger partial charge in [-0.15, -0.1) is 24.0 Å². The zero-order valence-electron chi connectivity index (χ0n) is 19.9. The molecule has 0 aliphatic heterocycles. The SMILES string of the molecule is CCNC(=NCc1ccc(Oc2ccccc2OCC)nc1)NCc1c(C)nn(C)c1C.I. The first kappa shape index (κ1) is 26.4. The van der Waals surface area contributed by atoms with Crippen molar-refractivity contribution in [2.45, 2.75) is 40.8 Å². The Kier molecular flexibility index (Phi) is 10.4. The average Bonchev–Trinajstić information content (AvgIpc) is 3.03. The minimum Gasteiger partial charge on any atom is -0.490 e. The van der Waals surface area contributed by atoms with Gasteiger partial charge < -0.3 is 20.1 Å². The Labute approximate surface area is 212 Å². The third kappa shape index (κ3) is 7.34. The van der Waals surface area contributed by atoms with Crippen LogP contribution in [0.3, 0.4) is 0 Å². The molecule has 2 heterocycles. The second-order valence-corrected chi connectivity index (χ2v) is 7.31. The number of pyridine rings is 1. The lowest BCUT2D eigenvalue weighted by molar-refractivity contribution is 0.319. The van der Waals surface area contributed by atoms with E-state index in [1.165, 1.54) is 5.56 Å². The number of ether oxygens (including phenoxy) is 2. The van der Waals surface area contributed by atoms with Crippen LogP contribution in [-0.4, -0.2) is 33.9 Å². The number of halogens is 1. The van der Waals surface area contributed by atoms with Crippen molar-refractivity contribution in [1.82, 2.24) is 25.4 Å². The lowest BCUT2D eigenvalue weighted by atomic mass is 10.2. The number of rotatable bonds is 9. The fourth-order valence-corrected chi connectivity index (χ4v) is 3.24. The van der Waals surface area contributed by atoms with Gasteiger partial charge in [-0.05, 0) is 45.4 Å². The smallest absolute Gasteiger partial charge is 0.219 e. The monoisotopic (exact) mass is 564 g/mol. The van der Waals surface area contributed by atoms with Crippen molar-refractivity contribution >= 4 is 29.9 Å². The van der Waals surface area contributed by atoms with Gasteiger partial charge in [0.1, 0.15) is 0 Å². The van der Waals surface area contributed by atoms with Crippen molar-refractivity contribution in [2.24, 2.45) is 12.0 Å². The fraction of sp³-hybridized carbons (Fsp3) is 0.375. The molecular formula is C24H33IN6O2. The van der Waals surface area contributed by atoms with Crippen LogP contribution in [0.4, 0.5) is 0 Å². The maximum absolute atomic E-state index is 5.89. The summed E-state index contributed by atoms with van der Waals surface area (Å²) >= 11 is 0. The zero-order chi connectivity index (χ0) is 22.9. The molecule has 0 saturated heterocycles. The normalized spacial score (nSPS) is 11.0. The second kappa shape index (κ2) is 13.0. The first-order valence-corrected chi connectivity index (χ1v) is 10.9. The van der Waals surface area contributed by atoms with Gasteiger partial charge in [-0.1, -0.05) is 18.2 Å². The standard InChI is InChI=1S/C24H32N6O2.HI/c1-6-25-24(28-16-20-17(3)29-30(5)18(20)4)27-15-19-12-13-23(26-14-19)32-22-11-9-8-10-21(22)31-7-2;/h8-14H,6-7,15-16H2,1-5H3,(H2,25,27,28);1H. The molecule has 0 saturated carbocycles. The van der Waals surface area contributed by atoms with Gasteiger partial charge in [0.25, 0.3) is 0 Å². The highest BCUT2D eigenvalue weighted by Gasteiger charge is 2.10. The molecule has 0 spiro atoms. The number of para-hydroxylation sites is 2. The van der Waals surface area contributed by atoms with E-state index in [1.807, 2.05) is 68.9 Å². The quantitative estimate of drug-likeness (QED) is 0.226. The first-order valence-electron chi connectivity index (χ1n) is 10.9. The Hall–Kier alpha value is -2.82. The van der Waals surface area contributed by atoms with Crippen molar-refractivity contribution < 1.29 is 9.47 Å². The molecule has 8 nitrogen and oxygen atoms in total. The minimum absolute atomic E-state index is 0. The van der Waals surface area contributed by atoms with E-state index in [0.717, 1.165) is 29.5 Å². The van der Waals surface area contributed by atoms with Crippen LogP contribution in [-0.2, 0) is 20.1 Å². The third-order valence-electron chi connectivity index (χ3n) is 5.02. The van der Waals surface area contributed by atoms with E-state index in [1.54, 1.807) is 6.20 Å². The van der Waals surface area contributed by atoms with Gasteiger partial charge in [0, 0.05) is 43.7 Å². The van der Waals surface area contributed by atoms with Crippen LogP contribution >= 0.6 is 24.0 Å². The van der Waals surface area contributed by atoms with Crippen LogP contribution in [0, 0.1) is 13.8 Å². The van der Waals surface area contributed by atoms with E-state index < -0.39 is 0 Å². The summed E-state index contributed by atoms with van der Waals surface area (Å²) in [7, 11) is 1.96. The molecule has 0 aliphatic rings. The number of aromatic nitrogens is 3. The Morgan fingerprint density at radius 2 is 1.82 bits per heavy atom. The van der Waals surface area contributed by atoms with Crippen LogP contribution in [0.25, 0.3) is 0 Å². The van der Waals surface area contributed by atoms with Crippen LogP contribution in [0.5, 0.6) is 17.4 Å². The van der Waals surface area contributed by atoms with E-state index >= 15 is 0 Å².